The molecule has 2 aromatic rings. The zero-order valence-electron chi connectivity index (χ0n) is 14.6. The predicted molar refractivity (Wildman–Crippen MR) is 100 cm³/mol. The summed E-state index contributed by atoms with van der Waals surface area (Å²) in [7, 11) is 1.61. The average molecular weight is 351 g/mol. The number of rotatable bonds is 2. The summed E-state index contributed by atoms with van der Waals surface area (Å²) in [5.74, 6) is 0.646. The smallest absolute Gasteiger partial charge is 0.251 e. The van der Waals surface area contributed by atoms with Crippen molar-refractivity contribution in [3.05, 3.63) is 48.2 Å². The number of nitrogens with one attached hydrogen (secondary N) is 3. The van der Waals surface area contributed by atoms with Crippen molar-refractivity contribution < 1.29 is 9.59 Å². The van der Waals surface area contributed by atoms with Gasteiger partial charge in [0.25, 0.3) is 5.91 Å². The van der Waals surface area contributed by atoms with Crippen LogP contribution in [0.3, 0.4) is 0 Å². The van der Waals surface area contributed by atoms with Gasteiger partial charge in [-0.05, 0) is 37.1 Å². The molecule has 2 amide bonds. The highest BCUT2D eigenvalue weighted by atomic mass is 16.2. The van der Waals surface area contributed by atoms with Crippen molar-refractivity contribution in [3.63, 3.8) is 0 Å². The molecule has 0 atom stereocenters. The second-order valence-electron chi connectivity index (χ2n) is 6.68. The first kappa shape index (κ1) is 16.4. The van der Waals surface area contributed by atoms with Crippen molar-refractivity contribution >= 4 is 29.0 Å². The van der Waals surface area contributed by atoms with Crippen LogP contribution in [0.2, 0.25) is 0 Å². The molecule has 0 radical (unpaired) electrons. The van der Waals surface area contributed by atoms with Gasteiger partial charge in [-0.25, -0.2) is 4.98 Å². The Kier molecular flexibility index (Phi) is 3.99. The van der Waals surface area contributed by atoms with Gasteiger partial charge in [0.05, 0.1) is 11.4 Å². The van der Waals surface area contributed by atoms with E-state index < -0.39 is 5.54 Å². The molecular formula is C19H21N5O2. The summed E-state index contributed by atoms with van der Waals surface area (Å²) in [6, 6.07) is 11.2. The molecule has 26 heavy (non-hydrogen) atoms. The van der Waals surface area contributed by atoms with Crippen molar-refractivity contribution in [2.75, 3.05) is 35.7 Å². The summed E-state index contributed by atoms with van der Waals surface area (Å²) in [5.41, 5.74) is 1.77. The number of benzene rings is 1. The number of anilines is 3. The summed E-state index contributed by atoms with van der Waals surface area (Å²) in [6.45, 7) is 1.37. The largest absolute Gasteiger partial charge is 0.369 e. The van der Waals surface area contributed by atoms with Gasteiger partial charge in [0, 0.05) is 31.9 Å². The van der Waals surface area contributed by atoms with Crippen LogP contribution in [0.5, 0.6) is 0 Å². The van der Waals surface area contributed by atoms with Crippen LogP contribution in [0.4, 0.5) is 17.2 Å². The van der Waals surface area contributed by atoms with Crippen LogP contribution in [0.25, 0.3) is 0 Å². The minimum absolute atomic E-state index is 0.0166. The third-order valence-corrected chi connectivity index (χ3v) is 5.16. The molecule has 2 aliphatic heterocycles. The van der Waals surface area contributed by atoms with Crippen molar-refractivity contribution in [1.82, 2.24) is 10.3 Å². The molecule has 2 aliphatic rings. The minimum atomic E-state index is -0.594. The molecule has 7 heteroatoms. The average Bonchev–Trinajstić information content (AvgIpc) is 2.69. The number of hydrogen-bond acceptors (Lipinski definition) is 5. The molecular weight excluding hydrogens is 330 g/mol. The third-order valence-electron chi connectivity index (χ3n) is 5.16. The number of aromatic nitrogens is 1. The van der Waals surface area contributed by atoms with E-state index in [1.54, 1.807) is 25.4 Å². The Hall–Kier alpha value is -3.09. The number of nitrogens with zero attached hydrogens (tertiary/aromatic N) is 2. The van der Waals surface area contributed by atoms with Crippen LogP contribution in [0, 0.1) is 0 Å². The lowest BCUT2D eigenvalue weighted by molar-refractivity contribution is -0.121. The maximum Gasteiger partial charge on any atom is 0.251 e. The summed E-state index contributed by atoms with van der Waals surface area (Å²) in [4.78, 5) is 31.0. The number of pyridine rings is 1. The van der Waals surface area contributed by atoms with Crippen LogP contribution in [0.1, 0.15) is 23.2 Å². The standard InChI is InChI=1S/C19H21N5O2/c1-20-17(25)13-6-9-21-16(12-13)24-10-7-19(8-11-24)18(26)22-14-4-2-3-5-15(14)23-19/h2-6,9,12,23H,7-8,10-11H2,1H3,(H,20,25)(H,22,26). The predicted octanol–water partition coefficient (Wildman–Crippen LogP) is 1.84. The van der Waals surface area contributed by atoms with Gasteiger partial charge < -0.3 is 20.9 Å². The quantitative estimate of drug-likeness (QED) is 0.769. The van der Waals surface area contributed by atoms with Gasteiger partial charge in [-0.1, -0.05) is 12.1 Å². The number of para-hydroxylation sites is 2. The molecule has 0 saturated carbocycles. The summed E-state index contributed by atoms with van der Waals surface area (Å²) in [6.07, 6.45) is 2.98. The molecule has 1 aromatic heterocycles. The van der Waals surface area contributed by atoms with Crippen molar-refractivity contribution in [3.8, 4) is 0 Å². The van der Waals surface area contributed by atoms with Crippen molar-refractivity contribution in [1.29, 1.82) is 0 Å². The lowest BCUT2D eigenvalue weighted by atomic mass is 9.84. The Morgan fingerprint density at radius 2 is 1.92 bits per heavy atom. The van der Waals surface area contributed by atoms with Crippen molar-refractivity contribution in [2.24, 2.45) is 0 Å². The molecule has 3 N–H and O–H groups in total. The van der Waals surface area contributed by atoms with E-state index in [0.717, 1.165) is 17.2 Å². The first-order valence-electron chi connectivity index (χ1n) is 8.73. The fourth-order valence-electron chi connectivity index (χ4n) is 3.60. The van der Waals surface area contributed by atoms with Gasteiger partial charge >= 0.3 is 0 Å². The SMILES string of the molecule is CNC(=O)c1ccnc(N2CCC3(CC2)Nc2ccccc2NC3=O)c1. The zero-order valence-corrected chi connectivity index (χ0v) is 14.6. The van der Waals surface area contributed by atoms with Gasteiger partial charge in [0.1, 0.15) is 11.4 Å². The van der Waals surface area contributed by atoms with Gasteiger partial charge in [0.15, 0.2) is 0 Å². The van der Waals surface area contributed by atoms with E-state index >= 15 is 0 Å². The highest BCUT2D eigenvalue weighted by molar-refractivity contribution is 6.06. The zero-order chi connectivity index (χ0) is 18.1. The van der Waals surface area contributed by atoms with E-state index in [1.807, 2.05) is 24.3 Å². The molecule has 1 saturated heterocycles. The normalized spacial score (nSPS) is 17.9. The van der Waals surface area contributed by atoms with E-state index in [-0.39, 0.29) is 11.8 Å². The molecule has 0 bridgehead atoms. The molecule has 1 fully saturated rings. The second-order valence-corrected chi connectivity index (χ2v) is 6.68. The molecule has 0 unspecified atom stereocenters. The number of carbonyl (C=O) groups is 2. The Balaban J connectivity index is 1.51. The fraction of sp³-hybridized carbons (Fsp3) is 0.316. The Morgan fingerprint density at radius 3 is 2.65 bits per heavy atom. The fourth-order valence-corrected chi connectivity index (χ4v) is 3.60. The van der Waals surface area contributed by atoms with E-state index in [9.17, 15) is 9.59 Å². The summed E-state index contributed by atoms with van der Waals surface area (Å²) < 4.78 is 0. The van der Waals surface area contributed by atoms with Crippen molar-refractivity contribution in [2.45, 2.75) is 18.4 Å². The summed E-state index contributed by atoms with van der Waals surface area (Å²) >= 11 is 0. The first-order chi connectivity index (χ1) is 12.6. The summed E-state index contributed by atoms with van der Waals surface area (Å²) in [5, 5.41) is 9.09. The monoisotopic (exact) mass is 351 g/mol. The number of amides is 2. The van der Waals surface area contributed by atoms with E-state index in [1.165, 1.54) is 0 Å². The highest BCUT2D eigenvalue weighted by Crippen LogP contribution is 2.36. The number of fused-ring (bicyclic) bond motifs is 1. The minimum Gasteiger partial charge on any atom is -0.369 e. The first-order valence-corrected chi connectivity index (χ1v) is 8.73. The highest BCUT2D eigenvalue weighted by Gasteiger charge is 2.44. The van der Waals surface area contributed by atoms with Gasteiger partial charge in [-0.15, -0.1) is 0 Å². The van der Waals surface area contributed by atoms with Gasteiger partial charge in [-0.2, -0.15) is 0 Å². The van der Waals surface area contributed by atoms with E-state index in [0.29, 0.717) is 31.5 Å². The molecule has 0 aliphatic carbocycles. The van der Waals surface area contributed by atoms with Crippen LogP contribution in [-0.2, 0) is 4.79 Å². The number of piperidine rings is 1. The number of hydrogen-bond donors (Lipinski definition) is 3. The maximum atomic E-state index is 12.7. The van der Waals surface area contributed by atoms with E-state index in [2.05, 4.69) is 25.8 Å². The van der Waals surface area contributed by atoms with Gasteiger partial charge in [0.2, 0.25) is 5.91 Å². The Morgan fingerprint density at radius 1 is 1.19 bits per heavy atom. The lowest BCUT2D eigenvalue weighted by Gasteiger charge is -2.44. The van der Waals surface area contributed by atoms with Gasteiger partial charge in [-0.3, -0.25) is 9.59 Å². The molecule has 7 nitrogen and oxygen atoms in total. The molecule has 1 spiro atoms. The molecule has 4 rings (SSSR count). The van der Waals surface area contributed by atoms with Crippen LogP contribution < -0.4 is 20.9 Å². The maximum absolute atomic E-state index is 12.7. The number of carbonyl (C=O) groups excluding carboxylic acids is 2. The topological polar surface area (TPSA) is 86.4 Å². The Labute approximate surface area is 151 Å². The third kappa shape index (κ3) is 2.75. The second kappa shape index (κ2) is 6.33. The molecule has 1 aromatic carbocycles. The van der Waals surface area contributed by atoms with Crippen LogP contribution >= 0.6 is 0 Å². The van der Waals surface area contributed by atoms with Crippen LogP contribution in [0.15, 0.2) is 42.6 Å². The molecule has 3 heterocycles. The van der Waals surface area contributed by atoms with E-state index in [4.69, 9.17) is 0 Å². The Bertz CT molecular complexity index is 859. The van der Waals surface area contributed by atoms with Crippen LogP contribution in [-0.4, -0.2) is 42.5 Å². The lowest BCUT2D eigenvalue weighted by Crippen LogP contribution is -2.58. The molecule has 134 valence electrons.